The van der Waals surface area contributed by atoms with Crippen molar-refractivity contribution in [3.8, 4) is 28.4 Å². The molecule has 0 fully saturated rings. The van der Waals surface area contributed by atoms with Crippen LogP contribution in [-0.4, -0.2) is 39.8 Å². The molecule has 7 nitrogen and oxygen atoms in total. The maximum absolute atomic E-state index is 13.3. The lowest BCUT2D eigenvalue weighted by Gasteiger charge is -2.19. The van der Waals surface area contributed by atoms with Crippen LogP contribution in [-0.2, 0) is 16.6 Å². The van der Waals surface area contributed by atoms with Gasteiger partial charge in [-0.25, -0.2) is 13.1 Å². The van der Waals surface area contributed by atoms with Crippen LogP contribution < -0.4 is 0 Å². The first-order valence-electron chi connectivity index (χ1n) is 10.1. The van der Waals surface area contributed by atoms with Gasteiger partial charge >= 0.3 is 0 Å². The monoisotopic (exact) mass is 483 g/mol. The number of nitrogens with zero attached hydrogens (tertiary/aromatic N) is 3. The fourth-order valence-electron chi connectivity index (χ4n) is 3.61. The van der Waals surface area contributed by atoms with Crippen LogP contribution in [0.25, 0.3) is 16.9 Å². The Kier molecular flexibility index (Phi) is 6.16. The minimum atomic E-state index is -4.08. The first-order chi connectivity index (χ1) is 15.7. The van der Waals surface area contributed by atoms with E-state index in [1.807, 2.05) is 31.2 Å². The van der Waals surface area contributed by atoms with E-state index in [-0.39, 0.29) is 22.8 Å². The van der Waals surface area contributed by atoms with Gasteiger partial charge in [0, 0.05) is 25.2 Å². The zero-order valence-corrected chi connectivity index (χ0v) is 19.5. The standard InChI is InChI=1S/C24H22ClN3O4S/c1-16-6-5-7-17(12-16)15-27(2)33(31,32)24-13-18(22(29)14-23(24)30)20-10-11-26-28(20)21-9-4-3-8-19(21)25/h3-14,29-30H,15H2,1-2H3. The number of aromatic nitrogens is 2. The molecule has 0 amide bonds. The molecule has 0 atom stereocenters. The SMILES string of the molecule is Cc1cccc(CN(C)S(=O)(=O)c2cc(-c3ccnn3-c3ccccc3Cl)c(O)cc2O)c1. The van der Waals surface area contributed by atoms with Gasteiger partial charge < -0.3 is 10.2 Å². The van der Waals surface area contributed by atoms with E-state index in [2.05, 4.69) is 5.10 Å². The van der Waals surface area contributed by atoms with Gasteiger partial charge in [0.25, 0.3) is 0 Å². The quantitative estimate of drug-likeness (QED) is 0.413. The highest BCUT2D eigenvalue weighted by Gasteiger charge is 2.27. The van der Waals surface area contributed by atoms with Crippen LogP contribution >= 0.6 is 11.6 Å². The Morgan fingerprint density at radius 3 is 2.48 bits per heavy atom. The fraction of sp³-hybridized carbons (Fsp3) is 0.125. The highest BCUT2D eigenvalue weighted by Crippen LogP contribution is 2.39. The topological polar surface area (TPSA) is 95.7 Å². The van der Waals surface area contributed by atoms with Gasteiger partial charge in [-0.1, -0.05) is 53.6 Å². The van der Waals surface area contributed by atoms with Crippen LogP contribution in [0.1, 0.15) is 11.1 Å². The van der Waals surface area contributed by atoms with Crippen molar-refractivity contribution in [3.05, 3.63) is 89.1 Å². The van der Waals surface area contributed by atoms with Crippen molar-refractivity contribution in [2.45, 2.75) is 18.4 Å². The molecule has 170 valence electrons. The molecule has 33 heavy (non-hydrogen) atoms. The Hall–Kier alpha value is -3.33. The molecule has 0 aliphatic heterocycles. The van der Waals surface area contributed by atoms with E-state index in [0.29, 0.717) is 16.4 Å². The molecule has 0 aliphatic carbocycles. The maximum atomic E-state index is 13.3. The average molecular weight is 484 g/mol. The molecule has 4 aromatic rings. The molecule has 0 unspecified atom stereocenters. The van der Waals surface area contributed by atoms with Gasteiger partial charge in [-0.2, -0.15) is 9.40 Å². The largest absolute Gasteiger partial charge is 0.507 e. The lowest BCUT2D eigenvalue weighted by molar-refractivity contribution is 0.430. The zero-order chi connectivity index (χ0) is 23.8. The summed E-state index contributed by atoms with van der Waals surface area (Å²) in [6.07, 6.45) is 1.52. The van der Waals surface area contributed by atoms with Gasteiger partial charge in [-0.05, 0) is 36.8 Å². The minimum Gasteiger partial charge on any atom is -0.507 e. The van der Waals surface area contributed by atoms with Crippen LogP contribution in [0.3, 0.4) is 0 Å². The summed E-state index contributed by atoms with van der Waals surface area (Å²) in [5, 5.41) is 25.7. The predicted octanol–water partition coefficient (Wildman–Crippen LogP) is 4.73. The van der Waals surface area contributed by atoms with Crippen molar-refractivity contribution in [3.63, 3.8) is 0 Å². The molecular formula is C24H22ClN3O4S. The van der Waals surface area contributed by atoms with E-state index >= 15 is 0 Å². The molecule has 0 saturated carbocycles. The summed E-state index contributed by atoms with van der Waals surface area (Å²) < 4.78 is 29.3. The van der Waals surface area contributed by atoms with Gasteiger partial charge in [0.05, 0.1) is 22.6 Å². The highest BCUT2D eigenvalue weighted by atomic mass is 35.5. The Balaban J connectivity index is 1.78. The van der Waals surface area contributed by atoms with Gasteiger partial charge in [-0.15, -0.1) is 0 Å². The Bertz CT molecular complexity index is 1430. The third-order valence-electron chi connectivity index (χ3n) is 5.25. The lowest BCUT2D eigenvalue weighted by Crippen LogP contribution is -2.26. The van der Waals surface area contributed by atoms with Gasteiger partial charge in [0.2, 0.25) is 10.0 Å². The van der Waals surface area contributed by atoms with Crippen LogP contribution in [0.15, 0.2) is 77.8 Å². The summed E-state index contributed by atoms with van der Waals surface area (Å²) in [6.45, 7) is 2.05. The van der Waals surface area contributed by atoms with Crippen molar-refractivity contribution in [1.29, 1.82) is 0 Å². The number of aromatic hydroxyl groups is 2. The summed E-state index contributed by atoms with van der Waals surface area (Å²) >= 11 is 6.31. The predicted molar refractivity (Wildman–Crippen MR) is 127 cm³/mol. The van der Waals surface area contributed by atoms with Gasteiger partial charge in [-0.3, -0.25) is 0 Å². The second kappa shape index (κ2) is 8.90. The molecule has 0 aliphatic rings. The molecule has 0 saturated heterocycles. The molecule has 1 heterocycles. The molecule has 2 N–H and O–H groups in total. The normalized spacial score (nSPS) is 11.8. The lowest BCUT2D eigenvalue weighted by atomic mass is 10.1. The summed E-state index contributed by atoms with van der Waals surface area (Å²) in [4.78, 5) is -0.322. The molecule has 1 aromatic heterocycles. The summed E-state index contributed by atoms with van der Waals surface area (Å²) in [5.41, 5.74) is 3.00. The van der Waals surface area contributed by atoms with Crippen LogP contribution in [0.2, 0.25) is 5.02 Å². The number of rotatable bonds is 6. The number of sulfonamides is 1. The number of halogens is 1. The number of benzene rings is 3. The Morgan fingerprint density at radius 2 is 1.76 bits per heavy atom. The molecular weight excluding hydrogens is 462 g/mol. The van der Waals surface area contributed by atoms with E-state index in [4.69, 9.17) is 11.6 Å². The smallest absolute Gasteiger partial charge is 0.246 e. The van der Waals surface area contributed by atoms with Gasteiger partial charge in [0.1, 0.15) is 16.4 Å². The van der Waals surface area contributed by atoms with E-state index in [1.165, 1.54) is 24.0 Å². The van der Waals surface area contributed by atoms with Crippen molar-refractivity contribution >= 4 is 21.6 Å². The number of phenolic OH excluding ortho intramolecular Hbond substituents is 2. The van der Waals surface area contributed by atoms with Crippen molar-refractivity contribution < 1.29 is 18.6 Å². The Morgan fingerprint density at radius 1 is 1.00 bits per heavy atom. The molecule has 9 heteroatoms. The van der Waals surface area contributed by atoms with Crippen molar-refractivity contribution in [2.75, 3.05) is 7.05 Å². The molecule has 0 radical (unpaired) electrons. The Labute approximate surface area is 197 Å². The van der Waals surface area contributed by atoms with Crippen molar-refractivity contribution in [1.82, 2.24) is 14.1 Å². The van der Waals surface area contributed by atoms with Crippen molar-refractivity contribution in [2.24, 2.45) is 0 Å². The highest BCUT2D eigenvalue weighted by molar-refractivity contribution is 7.89. The van der Waals surface area contributed by atoms with E-state index in [1.54, 1.807) is 30.3 Å². The van der Waals surface area contributed by atoms with Crippen LogP contribution in [0.4, 0.5) is 0 Å². The molecule has 0 spiro atoms. The summed E-state index contributed by atoms with van der Waals surface area (Å²) in [6, 6.07) is 18.4. The van der Waals surface area contributed by atoms with Gasteiger partial charge in [0.15, 0.2) is 0 Å². The average Bonchev–Trinajstić information content (AvgIpc) is 3.23. The maximum Gasteiger partial charge on any atom is 0.246 e. The first-order valence-corrected chi connectivity index (χ1v) is 11.9. The molecule has 0 bridgehead atoms. The number of phenols is 2. The third-order valence-corrected chi connectivity index (χ3v) is 7.40. The number of aryl methyl sites for hydroxylation is 1. The van der Waals surface area contributed by atoms with E-state index < -0.39 is 15.8 Å². The summed E-state index contributed by atoms with van der Waals surface area (Å²) in [7, 11) is -2.64. The van der Waals surface area contributed by atoms with Crippen LogP contribution in [0, 0.1) is 6.92 Å². The minimum absolute atomic E-state index is 0.122. The zero-order valence-electron chi connectivity index (χ0n) is 18.0. The first kappa shape index (κ1) is 22.8. The second-order valence-corrected chi connectivity index (χ2v) is 10.1. The number of para-hydroxylation sites is 1. The molecule has 4 rings (SSSR count). The number of hydrogen-bond acceptors (Lipinski definition) is 5. The second-order valence-electron chi connectivity index (χ2n) is 7.67. The third kappa shape index (κ3) is 4.45. The molecule has 3 aromatic carbocycles. The van der Waals surface area contributed by atoms with Crippen LogP contribution in [0.5, 0.6) is 11.5 Å². The van der Waals surface area contributed by atoms with E-state index in [9.17, 15) is 18.6 Å². The summed E-state index contributed by atoms with van der Waals surface area (Å²) in [5.74, 6) is -0.835. The van der Waals surface area contributed by atoms with E-state index in [0.717, 1.165) is 21.5 Å². The number of hydrogen-bond donors (Lipinski definition) is 2. The fourth-order valence-corrected chi connectivity index (χ4v) is 5.07.